The third-order valence-corrected chi connectivity index (χ3v) is 5.80. The molecule has 1 saturated carbocycles. The molecule has 0 spiro atoms. The Labute approximate surface area is 187 Å². The number of nitrogens with one attached hydrogen (secondary N) is 2. The van der Waals surface area contributed by atoms with E-state index in [-0.39, 0.29) is 18.1 Å². The highest BCUT2D eigenvalue weighted by Gasteiger charge is 2.25. The molecule has 1 aliphatic carbocycles. The standard InChI is InChI=1S/C23H32FN5O3/c1-15(25-3)13-28(14-18-4-5-18)10-11-29-16(2)27-20(21(30)23(29)32)22(31)26-12-17-6-8-19(24)9-7-17/h6-9,15,18,25,30H,4-5,10-14H2,1-3H3,(H,26,31). The normalized spacial score (nSPS) is 14.5. The molecule has 1 amide bonds. The summed E-state index contributed by atoms with van der Waals surface area (Å²) in [6, 6.07) is 6.02. The van der Waals surface area contributed by atoms with Gasteiger partial charge in [-0.3, -0.25) is 19.1 Å². The van der Waals surface area contributed by atoms with Gasteiger partial charge in [-0.25, -0.2) is 9.37 Å². The zero-order chi connectivity index (χ0) is 23.3. The van der Waals surface area contributed by atoms with Crippen molar-refractivity contribution in [1.82, 2.24) is 25.1 Å². The van der Waals surface area contributed by atoms with Gasteiger partial charge in [0.2, 0.25) is 5.75 Å². The molecule has 1 unspecified atom stereocenters. The number of nitrogens with zero attached hydrogens (tertiary/aromatic N) is 3. The fourth-order valence-electron chi connectivity index (χ4n) is 3.58. The van der Waals surface area contributed by atoms with Crippen molar-refractivity contribution in [3.8, 4) is 5.75 Å². The third-order valence-electron chi connectivity index (χ3n) is 5.80. The first kappa shape index (κ1) is 23.9. The van der Waals surface area contributed by atoms with Gasteiger partial charge in [0.1, 0.15) is 11.6 Å². The summed E-state index contributed by atoms with van der Waals surface area (Å²) in [7, 11) is 1.93. The van der Waals surface area contributed by atoms with Gasteiger partial charge < -0.3 is 15.7 Å². The molecule has 3 N–H and O–H groups in total. The number of carbonyl (C=O) groups excluding carboxylic acids is 1. The minimum Gasteiger partial charge on any atom is -0.501 e. The second-order valence-electron chi connectivity index (χ2n) is 8.51. The molecule has 32 heavy (non-hydrogen) atoms. The zero-order valence-electron chi connectivity index (χ0n) is 18.9. The highest BCUT2D eigenvalue weighted by molar-refractivity contribution is 5.94. The summed E-state index contributed by atoms with van der Waals surface area (Å²) in [4.78, 5) is 31.8. The van der Waals surface area contributed by atoms with E-state index in [0.717, 1.165) is 19.0 Å². The molecule has 2 aromatic rings. The third kappa shape index (κ3) is 6.37. The van der Waals surface area contributed by atoms with Gasteiger partial charge in [0.05, 0.1) is 0 Å². The van der Waals surface area contributed by atoms with Crippen LogP contribution in [0.4, 0.5) is 4.39 Å². The fourth-order valence-corrected chi connectivity index (χ4v) is 3.58. The van der Waals surface area contributed by atoms with E-state index in [1.165, 1.54) is 29.5 Å². The van der Waals surface area contributed by atoms with Gasteiger partial charge in [-0.1, -0.05) is 12.1 Å². The number of aromatic nitrogens is 2. The fraction of sp³-hybridized carbons (Fsp3) is 0.522. The first-order valence-corrected chi connectivity index (χ1v) is 11.0. The van der Waals surface area contributed by atoms with E-state index in [2.05, 4.69) is 27.4 Å². The van der Waals surface area contributed by atoms with Gasteiger partial charge in [0.25, 0.3) is 11.5 Å². The topological polar surface area (TPSA) is 99.5 Å². The Balaban J connectivity index is 1.67. The number of benzene rings is 1. The Hall–Kier alpha value is -2.78. The highest BCUT2D eigenvalue weighted by atomic mass is 19.1. The van der Waals surface area contributed by atoms with E-state index >= 15 is 0 Å². The predicted octanol–water partition coefficient (Wildman–Crippen LogP) is 1.65. The summed E-state index contributed by atoms with van der Waals surface area (Å²) in [5.74, 6) is -0.597. The van der Waals surface area contributed by atoms with E-state index in [4.69, 9.17) is 0 Å². The van der Waals surface area contributed by atoms with Gasteiger partial charge in [0.15, 0.2) is 5.69 Å². The van der Waals surface area contributed by atoms with Crippen molar-refractivity contribution < 1.29 is 14.3 Å². The van der Waals surface area contributed by atoms with Crippen molar-refractivity contribution in [1.29, 1.82) is 0 Å². The van der Waals surface area contributed by atoms with E-state index < -0.39 is 17.2 Å². The van der Waals surface area contributed by atoms with Gasteiger partial charge in [-0.2, -0.15) is 0 Å². The van der Waals surface area contributed by atoms with Crippen LogP contribution in [0.2, 0.25) is 0 Å². The van der Waals surface area contributed by atoms with Crippen LogP contribution in [0.3, 0.4) is 0 Å². The number of amides is 1. The summed E-state index contributed by atoms with van der Waals surface area (Å²) in [6.45, 7) is 6.78. The van der Waals surface area contributed by atoms with E-state index in [0.29, 0.717) is 30.5 Å². The number of hydrogen-bond acceptors (Lipinski definition) is 6. The number of halogens is 1. The van der Waals surface area contributed by atoms with Crippen molar-refractivity contribution in [2.75, 3.05) is 26.7 Å². The van der Waals surface area contributed by atoms with Crippen molar-refractivity contribution in [2.45, 2.75) is 45.8 Å². The summed E-state index contributed by atoms with van der Waals surface area (Å²) in [5.41, 5.74) is -0.238. The van der Waals surface area contributed by atoms with Crippen LogP contribution < -0.4 is 16.2 Å². The first-order chi connectivity index (χ1) is 15.3. The van der Waals surface area contributed by atoms with Crippen molar-refractivity contribution in [2.24, 2.45) is 5.92 Å². The van der Waals surface area contributed by atoms with E-state index in [1.807, 2.05) is 7.05 Å². The Kier molecular flexibility index (Phi) is 7.98. The van der Waals surface area contributed by atoms with Crippen LogP contribution in [-0.4, -0.2) is 58.2 Å². The van der Waals surface area contributed by atoms with Crippen LogP contribution in [0.25, 0.3) is 0 Å². The number of carbonyl (C=O) groups is 1. The molecular formula is C23H32FN5O3. The molecule has 0 radical (unpaired) electrons. The van der Waals surface area contributed by atoms with Gasteiger partial charge >= 0.3 is 0 Å². The maximum Gasteiger partial charge on any atom is 0.296 e. The maximum atomic E-state index is 13.0. The second-order valence-corrected chi connectivity index (χ2v) is 8.51. The van der Waals surface area contributed by atoms with Crippen LogP contribution in [0, 0.1) is 18.7 Å². The van der Waals surface area contributed by atoms with Gasteiger partial charge in [-0.15, -0.1) is 0 Å². The smallest absolute Gasteiger partial charge is 0.296 e. The molecule has 174 valence electrons. The number of rotatable bonds is 11. The zero-order valence-corrected chi connectivity index (χ0v) is 18.9. The number of aryl methyl sites for hydroxylation is 1. The second kappa shape index (κ2) is 10.7. The lowest BCUT2D eigenvalue weighted by Crippen LogP contribution is -2.41. The Morgan fingerprint density at radius 3 is 2.66 bits per heavy atom. The lowest BCUT2D eigenvalue weighted by Gasteiger charge is -2.26. The lowest BCUT2D eigenvalue weighted by atomic mass is 10.2. The highest BCUT2D eigenvalue weighted by Crippen LogP contribution is 2.29. The molecule has 1 atom stereocenters. The summed E-state index contributed by atoms with van der Waals surface area (Å²) in [6.07, 6.45) is 2.49. The molecule has 9 heteroatoms. The number of aromatic hydroxyl groups is 1. The molecule has 0 aliphatic heterocycles. The van der Waals surface area contributed by atoms with Crippen molar-refractivity contribution in [3.63, 3.8) is 0 Å². The SMILES string of the molecule is CNC(C)CN(CCn1c(C)nc(C(=O)NCc2ccc(F)cc2)c(O)c1=O)CC1CC1. The number of hydrogen-bond donors (Lipinski definition) is 3. The largest absolute Gasteiger partial charge is 0.501 e. The van der Waals surface area contributed by atoms with Crippen LogP contribution >= 0.6 is 0 Å². The average Bonchev–Trinajstić information content (AvgIpc) is 3.59. The van der Waals surface area contributed by atoms with Crippen LogP contribution in [0.5, 0.6) is 5.75 Å². The van der Waals surface area contributed by atoms with Gasteiger partial charge in [-0.05, 0) is 57.4 Å². The van der Waals surface area contributed by atoms with Gasteiger partial charge in [0, 0.05) is 38.8 Å². The van der Waals surface area contributed by atoms with E-state index in [9.17, 15) is 19.1 Å². The summed E-state index contributed by atoms with van der Waals surface area (Å²) >= 11 is 0. The molecule has 0 bridgehead atoms. The molecule has 1 aliphatic rings. The minimum atomic E-state index is -0.662. The first-order valence-electron chi connectivity index (χ1n) is 11.0. The summed E-state index contributed by atoms with van der Waals surface area (Å²) < 4.78 is 14.4. The maximum absolute atomic E-state index is 13.0. The molecule has 0 saturated heterocycles. The molecule has 1 aromatic heterocycles. The Morgan fingerprint density at radius 1 is 1.34 bits per heavy atom. The van der Waals surface area contributed by atoms with Crippen molar-refractivity contribution in [3.05, 3.63) is 57.5 Å². The monoisotopic (exact) mass is 445 g/mol. The Morgan fingerprint density at radius 2 is 2.03 bits per heavy atom. The molecular weight excluding hydrogens is 413 g/mol. The predicted molar refractivity (Wildman–Crippen MR) is 120 cm³/mol. The quantitative estimate of drug-likeness (QED) is 0.486. The molecule has 1 heterocycles. The average molecular weight is 446 g/mol. The summed E-state index contributed by atoms with van der Waals surface area (Å²) in [5, 5.41) is 16.2. The van der Waals surface area contributed by atoms with Crippen LogP contribution in [0.1, 0.15) is 41.6 Å². The molecule has 8 nitrogen and oxygen atoms in total. The molecule has 1 fully saturated rings. The van der Waals surface area contributed by atoms with E-state index in [1.54, 1.807) is 19.1 Å². The lowest BCUT2D eigenvalue weighted by molar-refractivity contribution is 0.0941. The van der Waals surface area contributed by atoms with Crippen molar-refractivity contribution >= 4 is 5.91 Å². The minimum absolute atomic E-state index is 0.127. The van der Waals surface area contributed by atoms with Crippen LogP contribution in [-0.2, 0) is 13.1 Å². The number of likely N-dealkylation sites (N-methyl/N-ethyl adjacent to an activating group) is 1. The molecule has 3 rings (SSSR count). The van der Waals surface area contributed by atoms with Crippen LogP contribution in [0.15, 0.2) is 29.1 Å². The Bertz CT molecular complexity index is 988. The molecule has 1 aromatic carbocycles.